The van der Waals surface area contributed by atoms with E-state index in [0.29, 0.717) is 18.4 Å². The summed E-state index contributed by atoms with van der Waals surface area (Å²) in [6.45, 7) is 12.4. The summed E-state index contributed by atoms with van der Waals surface area (Å²) < 4.78 is 19.5. The second kappa shape index (κ2) is 10.7. The highest BCUT2D eigenvalue weighted by Crippen LogP contribution is 2.60. The number of nitrogens with zero attached hydrogens (tertiary/aromatic N) is 2. The number of anilines is 1. The fourth-order valence-electron chi connectivity index (χ4n) is 8.04. The van der Waals surface area contributed by atoms with Crippen LogP contribution >= 0.6 is 0 Å². The van der Waals surface area contributed by atoms with Gasteiger partial charge in [0.1, 0.15) is 0 Å². The van der Waals surface area contributed by atoms with Crippen molar-refractivity contribution in [3.05, 3.63) is 65.7 Å². The van der Waals surface area contributed by atoms with Gasteiger partial charge in [0, 0.05) is 56.7 Å². The SMILES string of the molecule is C[C@H]1[C@@H](OCc2ccc(CN3CCN(c4ccccc4)CC3)cc2)O[C@@H]2O[C@@]3(C)CC[C@H]4[C@H](C)CC[C@@H]1[C@@]24OO3. The van der Waals surface area contributed by atoms with E-state index in [-0.39, 0.29) is 18.1 Å². The van der Waals surface area contributed by atoms with E-state index >= 15 is 0 Å². The molecule has 0 radical (unpaired) electrons. The van der Waals surface area contributed by atoms with Crippen LogP contribution in [-0.2, 0) is 37.1 Å². The Labute approximate surface area is 238 Å². The molecule has 1 aliphatic carbocycles. The lowest BCUT2D eigenvalue weighted by Crippen LogP contribution is -2.70. The minimum absolute atomic E-state index is 0.190. The monoisotopic (exact) mass is 548 g/mol. The van der Waals surface area contributed by atoms with Crippen LogP contribution in [0.25, 0.3) is 0 Å². The quantitative estimate of drug-likeness (QED) is 0.427. The maximum absolute atomic E-state index is 6.58. The predicted octanol–water partition coefficient (Wildman–Crippen LogP) is 5.73. The molecule has 8 atom stereocenters. The first-order chi connectivity index (χ1) is 19.4. The molecule has 0 amide bonds. The Morgan fingerprint density at radius 1 is 0.850 bits per heavy atom. The molecule has 7 heteroatoms. The summed E-state index contributed by atoms with van der Waals surface area (Å²) in [5.41, 5.74) is 3.29. The molecule has 8 rings (SSSR count). The van der Waals surface area contributed by atoms with Gasteiger partial charge in [-0.3, -0.25) is 4.90 Å². The first-order valence-electron chi connectivity index (χ1n) is 15.4. The van der Waals surface area contributed by atoms with Crippen molar-refractivity contribution in [2.45, 2.75) is 83.6 Å². The van der Waals surface area contributed by atoms with Crippen LogP contribution in [0.2, 0.25) is 0 Å². The molecular formula is C33H44N2O5. The molecular weight excluding hydrogens is 504 g/mol. The molecule has 1 spiro atoms. The smallest absolute Gasteiger partial charge is 0.201 e. The average molecular weight is 549 g/mol. The van der Waals surface area contributed by atoms with Gasteiger partial charge in [-0.05, 0) is 61.3 Å². The Hall–Kier alpha value is -2.00. The average Bonchev–Trinajstić information content (AvgIpc) is 3.21. The summed E-state index contributed by atoms with van der Waals surface area (Å²) in [5, 5.41) is 0. The van der Waals surface area contributed by atoms with E-state index in [0.717, 1.165) is 52.0 Å². The summed E-state index contributed by atoms with van der Waals surface area (Å²) in [4.78, 5) is 17.2. The van der Waals surface area contributed by atoms with Crippen LogP contribution in [0, 0.1) is 23.7 Å². The molecule has 0 N–H and O–H groups in total. The van der Waals surface area contributed by atoms with Crippen molar-refractivity contribution in [3.8, 4) is 0 Å². The van der Waals surface area contributed by atoms with Gasteiger partial charge < -0.3 is 19.1 Å². The summed E-state index contributed by atoms with van der Waals surface area (Å²) in [5.74, 6) is 0.649. The molecule has 7 nitrogen and oxygen atoms in total. The minimum Gasteiger partial charge on any atom is -0.369 e. The highest BCUT2D eigenvalue weighted by molar-refractivity contribution is 5.46. The van der Waals surface area contributed by atoms with Crippen LogP contribution < -0.4 is 4.90 Å². The predicted molar refractivity (Wildman–Crippen MR) is 152 cm³/mol. The number of hydrogen-bond donors (Lipinski definition) is 0. The number of ether oxygens (including phenoxy) is 3. The molecule has 2 aromatic carbocycles. The fraction of sp³-hybridized carbons (Fsp3) is 0.636. The largest absolute Gasteiger partial charge is 0.369 e. The zero-order valence-electron chi connectivity index (χ0n) is 24.2. The van der Waals surface area contributed by atoms with E-state index in [1.54, 1.807) is 0 Å². The van der Waals surface area contributed by atoms with Crippen LogP contribution in [0.15, 0.2) is 54.6 Å². The van der Waals surface area contributed by atoms with E-state index in [2.05, 4.69) is 78.2 Å². The minimum atomic E-state index is -0.757. The van der Waals surface area contributed by atoms with Crippen LogP contribution in [0.3, 0.4) is 0 Å². The van der Waals surface area contributed by atoms with Crippen LogP contribution in [0.1, 0.15) is 57.6 Å². The Morgan fingerprint density at radius 3 is 2.38 bits per heavy atom. The second-order valence-electron chi connectivity index (χ2n) is 13.0. The summed E-state index contributed by atoms with van der Waals surface area (Å²) in [6.07, 6.45) is 3.35. The molecule has 2 aromatic rings. The maximum Gasteiger partial charge on any atom is 0.201 e. The highest BCUT2D eigenvalue weighted by Gasteiger charge is 2.69. The molecule has 5 heterocycles. The molecule has 6 aliphatic rings. The molecule has 5 saturated heterocycles. The number of para-hydroxylation sites is 1. The van der Waals surface area contributed by atoms with Gasteiger partial charge in [0.15, 0.2) is 18.2 Å². The highest BCUT2D eigenvalue weighted by atomic mass is 17.3. The number of piperazine rings is 1. The van der Waals surface area contributed by atoms with Gasteiger partial charge in [0.2, 0.25) is 5.79 Å². The third-order valence-electron chi connectivity index (χ3n) is 10.4. The van der Waals surface area contributed by atoms with Crippen molar-refractivity contribution < 1.29 is 24.0 Å². The van der Waals surface area contributed by atoms with Gasteiger partial charge >= 0.3 is 0 Å². The van der Waals surface area contributed by atoms with Crippen molar-refractivity contribution in [2.75, 3.05) is 31.1 Å². The lowest BCUT2D eigenvalue weighted by molar-refractivity contribution is -0.577. The van der Waals surface area contributed by atoms with Crippen molar-refractivity contribution in [1.29, 1.82) is 0 Å². The van der Waals surface area contributed by atoms with Crippen molar-refractivity contribution >= 4 is 5.69 Å². The van der Waals surface area contributed by atoms with Gasteiger partial charge in [-0.1, -0.05) is 56.3 Å². The Bertz CT molecular complexity index is 1160. The molecule has 1 saturated carbocycles. The van der Waals surface area contributed by atoms with Crippen molar-refractivity contribution in [2.24, 2.45) is 23.7 Å². The van der Waals surface area contributed by atoms with Crippen molar-refractivity contribution in [3.63, 3.8) is 0 Å². The number of rotatable bonds is 6. The van der Waals surface area contributed by atoms with Gasteiger partial charge in [-0.15, -0.1) is 0 Å². The van der Waals surface area contributed by atoms with Crippen LogP contribution in [-0.4, -0.2) is 55.0 Å². The third kappa shape index (κ3) is 4.79. The Balaban J connectivity index is 0.957. The zero-order chi connectivity index (χ0) is 27.3. The summed E-state index contributed by atoms with van der Waals surface area (Å²) in [6, 6.07) is 19.6. The first kappa shape index (κ1) is 26.9. The standard InChI is InChI=1S/C33H44N2O5/c1-23-9-14-29-24(2)30(37-31-33(29)28(23)15-16-32(3,38-31)39-40-33)36-22-26-12-10-25(11-13-26)21-34-17-19-35(20-18-34)27-7-5-4-6-8-27/h4-8,10-13,23-24,28-31H,9,14-22H2,1-3H3/t23-,24-,28+,29+,30+,31-,32-,33-/m1/s1. The lowest BCUT2D eigenvalue weighted by Gasteiger charge is -2.60. The first-order valence-corrected chi connectivity index (χ1v) is 15.4. The fourth-order valence-corrected chi connectivity index (χ4v) is 8.04. The van der Waals surface area contributed by atoms with Gasteiger partial charge in [0.25, 0.3) is 0 Å². The maximum atomic E-state index is 6.58. The molecule has 5 aliphatic heterocycles. The van der Waals surface area contributed by atoms with Crippen LogP contribution in [0.4, 0.5) is 5.69 Å². The lowest BCUT2D eigenvalue weighted by atomic mass is 9.58. The Kier molecular flexibility index (Phi) is 7.18. The molecule has 216 valence electrons. The molecule has 0 aromatic heterocycles. The van der Waals surface area contributed by atoms with Crippen LogP contribution in [0.5, 0.6) is 0 Å². The third-order valence-corrected chi connectivity index (χ3v) is 10.4. The van der Waals surface area contributed by atoms with E-state index in [9.17, 15) is 0 Å². The number of fused-ring (bicyclic) bond motifs is 2. The van der Waals surface area contributed by atoms with Gasteiger partial charge in [-0.25, -0.2) is 9.78 Å². The molecule has 40 heavy (non-hydrogen) atoms. The van der Waals surface area contributed by atoms with Gasteiger partial charge in [-0.2, -0.15) is 0 Å². The van der Waals surface area contributed by atoms with E-state index in [1.165, 1.54) is 23.2 Å². The second-order valence-corrected chi connectivity index (χ2v) is 13.0. The molecule has 2 bridgehead atoms. The zero-order valence-corrected chi connectivity index (χ0v) is 24.2. The number of hydrogen-bond acceptors (Lipinski definition) is 7. The topological polar surface area (TPSA) is 52.6 Å². The summed E-state index contributed by atoms with van der Waals surface area (Å²) in [7, 11) is 0. The molecule has 6 fully saturated rings. The normalized spacial score (nSPS) is 39.5. The summed E-state index contributed by atoms with van der Waals surface area (Å²) >= 11 is 0. The van der Waals surface area contributed by atoms with E-state index < -0.39 is 17.7 Å². The van der Waals surface area contributed by atoms with E-state index in [1.807, 2.05) is 6.92 Å². The Morgan fingerprint density at radius 2 is 1.60 bits per heavy atom. The molecule has 0 unspecified atom stereocenters. The number of benzene rings is 2. The van der Waals surface area contributed by atoms with Gasteiger partial charge in [0.05, 0.1) is 6.61 Å². The van der Waals surface area contributed by atoms with Crippen molar-refractivity contribution in [1.82, 2.24) is 4.90 Å². The van der Waals surface area contributed by atoms with E-state index in [4.69, 9.17) is 24.0 Å².